The van der Waals surface area contributed by atoms with Crippen LogP contribution in [-0.4, -0.2) is 27.4 Å². The average Bonchev–Trinajstić information content (AvgIpc) is 2.67. The summed E-state index contributed by atoms with van der Waals surface area (Å²) in [5.74, 6) is -0.0629. The lowest BCUT2D eigenvalue weighted by Crippen LogP contribution is -2.33. The number of nitrogens with zero attached hydrogens (tertiary/aromatic N) is 2. The highest BCUT2D eigenvalue weighted by Crippen LogP contribution is 2.22. The number of fused-ring (bicyclic) bond motifs is 1. The number of amides is 1. The van der Waals surface area contributed by atoms with Gasteiger partial charge in [-0.15, -0.1) is 0 Å². The predicted molar refractivity (Wildman–Crippen MR) is 115 cm³/mol. The van der Waals surface area contributed by atoms with E-state index < -0.39 is 11.2 Å². The van der Waals surface area contributed by atoms with Crippen LogP contribution in [0.5, 0.6) is 0 Å². The minimum Gasteiger partial charge on any atom is -0.341 e. The van der Waals surface area contributed by atoms with Crippen LogP contribution in [0.25, 0.3) is 10.9 Å². The summed E-state index contributed by atoms with van der Waals surface area (Å²) in [4.78, 5) is 40.7. The third-order valence-corrected chi connectivity index (χ3v) is 5.12. The Bertz CT molecular complexity index is 1130. The molecule has 0 spiro atoms. The molecule has 3 rings (SSSR count). The van der Waals surface area contributed by atoms with Crippen LogP contribution in [0.3, 0.4) is 0 Å². The van der Waals surface area contributed by atoms with E-state index in [1.54, 1.807) is 36.2 Å². The van der Waals surface area contributed by atoms with Crippen molar-refractivity contribution >= 4 is 16.8 Å². The van der Waals surface area contributed by atoms with Gasteiger partial charge in [0.15, 0.2) is 0 Å². The summed E-state index contributed by atoms with van der Waals surface area (Å²) in [6, 6.07) is 15.2. The van der Waals surface area contributed by atoms with Crippen LogP contribution in [0.4, 0.5) is 0 Å². The fraction of sp³-hybridized carbons (Fsp3) is 0.348. The van der Waals surface area contributed by atoms with E-state index in [4.69, 9.17) is 0 Å². The summed E-state index contributed by atoms with van der Waals surface area (Å²) in [6.07, 6.45) is 0.173. The molecule has 2 aromatic carbocycles. The highest BCUT2D eigenvalue weighted by molar-refractivity contribution is 5.78. The molecule has 6 heteroatoms. The van der Waals surface area contributed by atoms with Crippen LogP contribution in [0.1, 0.15) is 38.3 Å². The number of benzene rings is 2. The number of carbonyl (C=O) groups excluding carboxylic acids is 1. The van der Waals surface area contributed by atoms with E-state index >= 15 is 0 Å². The molecule has 0 aliphatic rings. The van der Waals surface area contributed by atoms with E-state index in [1.807, 2.05) is 12.1 Å². The van der Waals surface area contributed by atoms with Gasteiger partial charge in [-0.2, -0.15) is 0 Å². The number of H-pyrrole nitrogens is 1. The van der Waals surface area contributed by atoms with E-state index in [0.717, 1.165) is 5.56 Å². The van der Waals surface area contributed by atoms with Crippen LogP contribution in [0, 0.1) is 0 Å². The van der Waals surface area contributed by atoms with Crippen LogP contribution in [0.2, 0.25) is 0 Å². The number of aromatic nitrogens is 2. The summed E-state index contributed by atoms with van der Waals surface area (Å²) >= 11 is 0. The van der Waals surface area contributed by atoms with E-state index in [-0.39, 0.29) is 24.3 Å². The molecular formula is C23H27N3O3. The molecule has 0 bridgehead atoms. The van der Waals surface area contributed by atoms with Crippen molar-refractivity contribution in [2.24, 2.45) is 0 Å². The Morgan fingerprint density at radius 2 is 1.69 bits per heavy atom. The number of para-hydroxylation sites is 1. The van der Waals surface area contributed by atoms with Gasteiger partial charge in [0, 0.05) is 26.6 Å². The molecule has 1 amide bonds. The maximum absolute atomic E-state index is 12.6. The zero-order valence-electron chi connectivity index (χ0n) is 17.4. The fourth-order valence-corrected chi connectivity index (χ4v) is 3.33. The highest BCUT2D eigenvalue weighted by Gasteiger charge is 2.15. The molecule has 0 saturated heterocycles. The quantitative estimate of drug-likeness (QED) is 0.724. The Balaban J connectivity index is 1.69. The molecule has 1 heterocycles. The summed E-state index contributed by atoms with van der Waals surface area (Å²) in [6.45, 7) is 7.22. The number of rotatable bonds is 5. The molecule has 3 aromatic rings. The third kappa shape index (κ3) is 4.65. The van der Waals surface area contributed by atoms with E-state index in [2.05, 4.69) is 37.9 Å². The first kappa shape index (κ1) is 20.6. The number of nitrogens with one attached hydrogen (secondary N) is 1. The first-order chi connectivity index (χ1) is 13.7. The predicted octanol–water partition coefficient (Wildman–Crippen LogP) is 3.04. The van der Waals surface area contributed by atoms with E-state index in [0.29, 0.717) is 17.4 Å². The molecule has 152 valence electrons. The number of carbonyl (C=O) groups is 1. The number of hydrogen-bond donors (Lipinski definition) is 1. The summed E-state index contributed by atoms with van der Waals surface area (Å²) in [7, 11) is 1.76. The molecular weight excluding hydrogens is 366 g/mol. The minimum atomic E-state index is -0.498. The van der Waals surface area contributed by atoms with Crippen molar-refractivity contribution in [2.45, 2.75) is 45.7 Å². The van der Waals surface area contributed by atoms with Gasteiger partial charge in [-0.25, -0.2) is 4.79 Å². The number of aromatic amines is 1. The Morgan fingerprint density at radius 3 is 2.34 bits per heavy atom. The Kier molecular flexibility index (Phi) is 5.73. The number of aryl methyl sites for hydroxylation is 1. The van der Waals surface area contributed by atoms with Crippen LogP contribution < -0.4 is 11.2 Å². The van der Waals surface area contributed by atoms with Crippen molar-refractivity contribution in [3.63, 3.8) is 0 Å². The normalized spacial score (nSPS) is 11.6. The van der Waals surface area contributed by atoms with Crippen molar-refractivity contribution < 1.29 is 4.79 Å². The SMILES string of the molecule is CN(Cc1ccc(C(C)(C)C)cc1)C(=O)CCn1c(=O)[nH]c(=O)c2ccccc21. The van der Waals surface area contributed by atoms with Gasteiger partial charge in [0.25, 0.3) is 5.56 Å². The van der Waals surface area contributed by atoms with Gasteiger partial charge in [-0.05, 0) is 28.7 Å². The fourth-order valence-electron chi connectivity index (χ4n) is 3.33. The Labute approximate surface area is 169 Å². The molecule has 0 fully saturated rings. The van der Waals surface area contributed by atoms with Gasteiger partial charge in [0.05, 0.1) is 10.9 Å². The standard InChI is InChI=1S/C23H27N3O3/c1-23(2,3)17-11-9-16(10-12-17)15-25(4)20(27)13-14-26-19-8-6-5-7-18(19)21(28)24-22(26)29/h5-12H,13-15H2,1-4H3,(H,24,28,29). The number of hydrogen-bond acceptors (Lipinski definition) is 3. The molecule has 29 heavy (non-hydrogen) atoms. The second-order valence-electron chi connectivity index (χ2n) is 8.37. The molecule has 0 saturated carbocycles. The van der Waals surface area contributed by atoms with Gasteiger partial charge in [-0.1, -0.05) is 57.2 Å². The van der Waals surface area contributed by atoms with E-state index in [9.17, 15) is 14.4 Å². The molecule has 0 atom stereocenters. The maximum atomic E-state index is 12.6. The smallest absolute Gasteiger partial charge is 0.328 e. The maximum Gasteiger partial charge on any atom is 0.328 e. The van der Waals surface area contributed by atoms with Gasteiger partial charge >= 0.3 is 5.69 Å². The lowest BCUT2D eigenvalue weighted by molar-refractivity contribution is -0.130. The van der Waals surface area contributed by atoms with Crippen molar-refractivity contribution in [1.82, 2.24) is 14.5 Å². The largest absolute Gasteiger partial charge is 0.341 e. The highest BCUT2D eigenvalue weighted by atomic mass is 16.2. The zero-order valence-corrected chi connectivity index (χ0v) is 17.4. The third-order valence-electron chi connectivity index (χ3n) is 5.12. The molecule has 0 aliphatic carbocycles. The van der Waals surface area contributed by atoms with Gasteiger partial charge < -0.3 is 4.90 Å². The van der Waals surface area contributed by atoms with Crippen molar-refractivity contribution in [3.8, 4) is 0 Å². The Hall–Kier alpha value is -3.15. The van der Waals surface area contributed by atoms with Crippen LogP contribution >= 0.6 is 0 Å². The average molecular weight is 393 g/mol. The lowest BCUT2D eigenvalue weighted by Gasteiger charge is -2.21. The molecule has 0 aliphatic heterocycles. The van der Waals surface area contributed by atoms with Crippen LogP contribution in [-0.2, 0) is 23.3 Å². The summed E-state index contributed by atoms with van der Waals surface area (Å²) < 4.78 is 1.45. The molecule has 0 unspecified atom stereocenters. The minimum absolute atomic E-state index is 0.0629. The summed E-state index contributed by atoms with van der Waals surface area (Å²) in [5, 5.41) is 0.437. The Morgan fingerprint density at radius 1 is 1.03 bits per heavy atom. The van der Waals surface area contributed by atoms with Gasteiger partial charge in [0.1, 0.15) is 0 Å². The zero-order chi connectivity index (χ0) is 21.2. The first-order valence-corrected chi connectivity index (χ1v) is 9.72. The van der Waals surface area contributed by atoms with E-state index in [1.165, 1.54) is 10.1 Å². The summed E-state index contributed by atoms with van der Waals surface area (Å²) in [5.41, 5.74) is 2.02. The molecule has 1 N–H and O–H groups in total. The van der Waals surface area contributed by atoms with Gasteiger partial charge in [0.2, 0.25) is 5.91 Å². The van der Waals surface area contributed by atoms with Gasteiger partial charge in [-0.3, -0.25) is 19.1 Å². The lowest BCUT2D eigenvalue weighted by atomic mass is 9.87. The molecule has 6 nitrogen and oxygen atoms in total. The van der Waals surface area contributed by atoms with Crippen molar-refractivity contribution in [1.29, 1.82) is 0 Å². The first-order valence-electron chi connectivity index (χ1n) is 9.72. The van der Waals surface area contributed by atoms with Crippen molar-refractivity contribution in [3.05, 3.63) is 80.5 Å². The van der Waals surface area contributed by atoms with Crippen LogP contribution in [0.15, 0.2) is 58.1 Å². The second-order valence-corrected chi connectivity index (χ2v) is 8.37. The second kappa shape index (κ2) is 8.07. The monoisotopic (exact) mass is 393 g/mol. The molecule has 0 radical (unpaired) electrons. The topological polar surface area (TPSA) is 75.2 Å². The molecule has 1 aromatic heterocycles. The van der Waals surface area contributed by atoms with Crippen molar-refractivity contribution in [2.75, 3.05) is 7.05 Å².